The molecule has 0 fully saturated rings. The lowest BCUT2D eigenvalue weighted by Gasteiger charge is -2.29. The maximum atomic E-state index is 11.7. The van der Waals surface area contributed by atoms with Gasteiger partial charge in [-0.1, -0.05) is 12.0 Å². The van der Waals surface area contributed by atoms with Crippen LogP contribution in [0.3, 0.4) is 0 Å². The summed E-state index contributed by atoms with van der Waals surface area (Å²) >= 11 is 0. The summed E-state index contributed by atoms with van der Waals surface area (Å²) in [4.78, 5) is 13.3. The first kappa shape index (κ1) is 11.6. The van der Waals surface area contributed by atoms with Crippen molar-refractivity contribution in [1.82, 2.24) is 4.90 Å². The van der Waals surface area contributed by atoms with Gasteiger partial charge in [-0.05, 0) is 27.2 Å². The van der Waals surface area contributed by atoms with E-state index in [1.165, 1.54) is 0 Å². The fourth-order valence-electron chi connectivity index (χ4n) is 1.33. The van der Waals surface area contributed by atoms with Gasteiger partial charge in [-0.25, -0.2) is 4.79 Å². The van der Waals surface area contributed by atoms with Gasteiger partial charge in [0.15, 0.2) is 0 Å². The first-order valence-electron chi connectivity index (χ1n) is 5.06. The molecular weight excluding hydrogens is 190 g/mol. The van der Waals surface area contributed by atoms with Gasteiger partial charge in [0.2, 0.25) is 0 Å². The van der Waals surface area contributed by atoms with E-state index in [9.17, 15) is 4.79 Å². The quantitative estimate of drug-likeness (QED) is 0.570. The van der Waals surface area contributed by atoms with Gasteiger partial charge >= 0.3 is 6.09 Å². The smallest absolute Gasteiger partial charge is 0.410 e. The summed E-state index contributed by atoms with van der Waals surface area (Å²) in [6.45, 7) is 6.73. The van der Waals surface area contributed by atoms with Crippen LogP contribution in [0.2, 0.25) is 0 Å². The van der Waals surface area contributed by atoms with Gasteiger partial charge in [-0.3, -0.25) is 0 Å². The van der Waals surface area contributed by atoms with Gasteiger partial charge in [-0.2, -0.15) is 0 Å². The maximum absolute atomic E-state index is 11.7. The lowest BCUT2D eigenvalue weighted by atomic mass is 10.1. The number of ether oxygens (including phenoxy) is 1. The molecule has 1 heterocycles. The van der Waals surface area contributed by atoms with Crippen LogP contribution in [0.4, 0.5) is 4.79 Å². The molecule has 0 atom stereocenters. The van der Waals surface area contributed by atoms with Gasteiger partial charge in [0.1, 0.15) is 5.60 Å². The van der Waals surface area contributed by atoms with Crippen molar-refractivity contribution in [2.75, 3.05) is 13.1 Å². The van der Waals surface area contributed by atoms with Gasteiger partial charge in [0.25, 0.3) is 0 Å². The third-order valence-electron chi connectivity index (χ3n) is 1.99. The zero-order valence-corrected chi connectivity index (χ0v) is 9.54. The Balaban J connectivity index is 2.57. The molecule has 0 bridgehead atoms. The van der Waals surface area contributed by atoms with Crippen LogP contribution in [-0.4, -0.2) is 29.7 Å². The second-order valence-electron chi connectivity index (χ2n) is 4.56. The third kappa shape index (κ3) is 3.67. The molecule has 0 aromatic carbocycles. The zero-order chi connectivity index (χ0) is 11.5. The highest BCUT2D eigenvalue weighted by molar-refractivity contribution is 5.69. The molecule has 0 saturated carbocycles. The van der Waals surface area contributed by atoms with E-state index in [-0.39, 0.29) is 6.09 Å². The summed E-state index contributed by atoms with van der Waals surface area (Å²) in [5, 5.41) is 0. The van der Waals surface area contributed by atoms with Crippen molar-refractivity contribution in [2.24, 2.45) is 0 Å². The molecule has 15 heavy (non-hydrogen) atoms. The van der Waals surface area contributed by atoms with Gasteiger partial charge in [0, 0.05) is 12.1 Å². The number of nitrogens with zero attached hydrogens (tertiary/aromatic N) is 1. The fraction of sp³-hybridized carbons (Fsp3) is 0.583. The number of carbonyl (C=O) groups is 1. The Morgan fingerprint density at radius 1 is 1.60 bits per heavy atom. The summed E-state index contributed by atoms with van der Waals surface area (Å²) in [6, 6.07) is 0. The van der Waals surface area contributed by atoms with E-state index in [1.807, 2.05) is 26.8 Å². The Kier molecular flexibility index (Phi) is 3.41. The number of hydrogen-bond donors (Lipinski definition) is 0. The molecule has 1 amide bonds. The zero-order valence-electron chi connectivity index (χ0n) is 9.54. The summed E-state index contributed by atoms with van der Waals surface area (Å²) in [5.74, 6) is 2.56. The molecule has 0 aromatic rings. The van der Waals surface area contributed by atoms with Gasteiger partial charge < -0.3 is 9.64 Å². The monoisotopic (exact) mass is 207 g/mol. The minimum atomic E-state index is -0.450. The van der Waals surface area contributed by atoms with Crippen molar-refractivity contribution in [2.45, 2.75) is 32.8 Å². The minimum absolute atomic E-state index is 0.289. The van der Waals surface area contributed by atoms with Crippen LogP contribution in [0.5, 0.6) is 0 Å². The van der Waals surface area contributed by atoms with E-state index in [0.717, 1.165) is 12.0 Å². The van der Waals surface area contributed by atoms with Crippen molar-refractivity contribution >= 4 is 6.09 Å². The molecule has 0 unspecified atom stereocenters. The normalized spacial score (nSPS) is 16.7. The Bertz CT molecular complexity index is 317. The van der Waals surface area contributed by atoms with Crippen LogP contribution < -0.4 is 0 Å². The van der Waals surface area contributed by atoms with Crippen LogP contribution >= 0.6 is 0 Å². The van der Waals surface area contributed by atoms with E-state index in [0.29, 0.717) is 13.1 Å². The summed E-state index contributed by atoms with van der Waals surface area (Å²) in [5.41, 5.74) is 0.404. The second kappa shape index (κ2) is 4.39. The van der Waals surface area contributed by atoms with E-state index >= 15 is 0 Å². The van der Waals surface area contributed by atoms with Crippen LogP contribution in [-0.2, 0) is 4.74 Å². The van der Waals surface area contributed by atoms with Gasteiger partial charge in [-0.15, -0.1) is 6.42 Å². The van der Waals surface area contributed by atoms with E-state index in [2.05, 4.69) is 5.92 Å². The number of terminal acetylenes is 1. The minimum Gasteiger partial charge on any atom is -0.444 e. The van der Waals surface area contributed by atoms with Crippen LogP contribution in [0.1, 0.15) is 27.2 Å². The van der Waals surface area contributed by atoms with Crippen LogP contribution in [0.25, 0.3) is 0 Å². The lowest BCUT2D eigenvalue weighted by molar-refractivity contribution is 0.0264. The largest absolute Gasteiger partial charge is 0.444 e. The number of hydrogen-bond acceptors (Lipinski definition) is 2. The number of carbonyl (C=O) groups excluding carboxylic acids is 1. The molecule has 1 rings (SSSR count). The molecule has 0 saturated heterocycles. The first-order chi connectivity index (χ1) is 6.92. The Hall–Kier alpha value is -1.43. The molecule has 0 aliphatic carbocycles. The number of rotatable bonds is 0. The van der Waals surface area contributed by atoms with Crippen molar-refractivity contribution < 1.29 is 9.53 Å². The highest BCUT2D eigenvalue weighted by Crippen LogP contribution is 2.14. The average Bonchev–Trinajstić information content (AvgIpc) is 2.15. The van der Waals surface area contributed by atoms with E-state index < -0.39 is 5.60 Å². The van der Waals surface area contributed by atoms with E-state index in [4.69, 9.17) is 11.2 Å². The fourth-order valence-corrected chi connectivity index (χ4v) is 1.33. The average molecular weight is 207 g/mol. The van der Waals surface area contributed by atoms with Crippen molar-refractivity contribution in [1.29, 1.82) is 0 Å². The van der Waals surface area contributed by atoms with Crippen LogP contribution in [0, 0.1) is 12.3 Å². The Morgan fingerprint density at radius 3 is 2.80 bits per heavy atom. The summed E-state index contributed by atoms with van der Waals surface area (Å²) < 4.78 is 5.26. The molecule has 0 N–H and O–H groups in total. The number of amides is 1. The van der Waals surface area contributed by atoms with Crippen molar-refractivity contribution in [3.05, 3.63) is 11.6 Å². The molecule has 3 heteroatoms. The molecule has 1 aliphatic heterocycles. The highest BCUT2D eigenvalue weighted by atomic mass is 16.6. The maximum Gasteiger partial charge on any atom is 0.410 e. The standard InChI is InChI=1S/C12H17NO2/c1-5-10-7-6-8-13(9-10)11(14)15-12(2,3)4/h1,7H,6,8-9H2,2-4H3. The first-order valence-corrected chi connectivity index (χ1v) is 5.06. The van der Waals surface area contributed by atoms with Crippen molar-refractivity contribution in [3.8, 4) is 12.3 Å². The molecule has 0 radical (unpaired) electrons. The highest BCUT2D eigenvalue weighted by Gasteiger charge is 2.23. The van der Waals surface area contributed by atoms with Crippen LogP contribution in [0.15, 0.2) is 11.6 Å². The van der Waals surface area contributed by atoms with E-state index in [1.54, 1.807) is 4.90 Å². The predicted molar refractivity (Wildman–Crippen MR) is 59.3 cm³/mol. The second-order valence-corrected chi connectivity index (χ2v) is 4.56. The predicted octanol–water partition coefficient (Wildman–Crippen LogP) is 2.19. The molecule has 0 aromatic heterocycles. The lowest BCUT2D eigenvalue weighted by Crippen LogP contribution is -2.39. The Labute approximate surface area is 91.1 Å². The molecule has 3 nitrogen and oxygen atoms in total. The molecular formula is C12H17NO2. The third-order valence-corrected chi connectivity index (χ3v) is 1.99. The SMILES string of the molecule is C#CC1=CCCN(C(=O)OC(C)(C)C)C1. The summed E-state index contributed by atoms with van der Waals surface area (Å²) in [7, 11) is 0. The molecule has 82 valence electrons. The van der Waals surface area contributed by atoms with Gasteiger partial charge in [0.05, 0.1) is 6.54 Å². The molecule has 1 aliphatic rings. The Morgan fingerprint density at radius 2 is 2.27 bits per heavy atom. The topological polar surface area (TPSA) is 29.5 Å². The summed E-state index contributed by atoms with van der Waals surface area (Å²) in [6.07, 6.45) is 7.80. The van der Waals surface area contributed by atoms with Crippen molar-refractivity contribution in [3.63, 3.8) is 0 Å². The molecule has 0 spiro atoms.